The number of hydrogen-bond acceptors (Lipinski definition) is 5. The van der Waals surface area contributed by atoms with Gasteiger partial charge in [-0.15, -0.1) is 5.10 Å². The molecule has 0 saturated carbocycles. The third kappa shape index (κ3) is 4.92. The molecular weight excluding hydrogens is 318 g/mol. The van der Waals surface area contributed by atoms with Gasteiger partial charge in [-0.2, -0.15) is 5.10 Å². The number of carbonyl (C=O) groups is 1. The van der Waals surface area contributed by atoms with Gasteiger partial charge in [-0.3, -0.25) is 4.79 Å². The van der Waals surface area contributed by atoms with Crippen LogP contribution in [-0.2, 0) is 11.2 Å². The number of nitrogens with zero attached hydrogens (tertiary/aromatic N) is 3. The summed E-state index contributed by atoms with van der Waals surface area (Å²) in [5.41, 5.74) is 1.15. The zero-order chi connectivity index (χ0) is 17.5. The van der Waals surface area contributed by atoms with Gasteiger partial charge in [0.25, 0.3) is 0 Å². The van der Waals surface area contributed by atoms with Gasteiger partial charge in [0.15, 0.2) is 0 Å². The maximum atomic E-state index is 12.4. The molecule has 1 saturated heterocycles. The predicted molar refractivity (Wildman–Crippen MR) is 93.6 cm³/mol. The zero-order valence-electron chi connectivity index (χ0n) is 14.4. The molecule has 1 amide bonds. The van der Waals surface area contributed by atoms with E-state index in [1.165, 1.54) is 0 Å². The topological polar surface area (TPSA) is 64.5 Å². The highest BCUT2D eigenvalue weighted by Gasteiger charge is 2.24. The Kier molecular flexibility index (Phi) is 5.82. The van der Waals surface area contributed by atoms with Crippen LogP contribution in [0.15, 0.2) is 42.6 Å². The molecule has 2 aromatic rings. The van der Waals surface area contributed by atoms with Crippen molar-refractivity contribution in [3.63, 3.8) is 0 Å². The lowest BCUT2D eigenvalue weighted by molar-refractivity contribution is -0.132. The summed E-state index contributed by atoms with van der Waals surface area (Å²) in [5.74, 6) is 1.58. The molecule has 1 aromatic carbocycles. The van der Waals surface area contributed by atoms with E-state index in [2.05, 4.69) is 10.2 Å². The molecule has 0 bridgehead atoms. The number of amides is 1. The molecule has 1 fully saturated rings. The van der Waals surface area contributed by atoms with Crippen molar-refractivity contribution in [3.05, 3.63) is 48.2 Å². The SMILES string of the molecule is COc1ccc(CCC(=O)N2CCC(Oc3cccnn3)CC2)cc1. The van der Waals surface area contributed by atoms with Crippen LogP contribution in [0.2, 0.25) is 0 Å². The minimum atomic E-state index is 0.0994. The van der Waals surface area contributed by atoms with E-state index in [0.717, 1.165) is 43.7 Å². The summed E-state index contributed by atoms with van der Waals surface area (Å²) in [6, 6.07) is 11.5. The van der Waals surface area contributed by atoms with Crippen molar-refractivity contribution < 1.29 is 14.3 Å². The largest absolute Gasteiger partial charge is 0.497 e. The number of hydrogen-bond donors (Lipinski definition) is 0. The van der Waals surface area contributed by atoms with Crippen LogP contribution in [0.3, 0.4) is 0 Å². The average molecular weight is 341 g/mol. The average Bonchev–Trinajstić information content (AvgIpc) is 2.68. The first-order chi connectivity index (χ1) is 12.2. The lowest BCUT2D eigenvalue weighted by Crippen LogP contribution is -2.41. The summed E-state index contributed by atoms with van der Waals surface area (Å²) in [4.78, 5) is 14.3. The smallest absolute Gasteiger partial charge is 0.233 e. The maximum absolute atomic E-state index is 12.4. The van der Waals surface area contributed by atoms with Gasteiger partial charge >= 0.3 is 0 Å². The van der Waals surface area contributed by atoms with E-state index >= 15 is 0 Å². The number of rotatable bonds is 6. The first-order valence-electron chi connectivity index (χ1n) is 8.59. The Labute approximate surface area is 147 Å². The summed E-state index contributed by atoms with van der Waals surface area (Å²) < 4.78 is 11.0. The van der Waals surface area contributed by atoms with Crippen molar-refractivity contribution in [1.29, 1.82) is 0 Å². The monoisotopic (exact) mass is 341 g/mol. The van der Waals surface area contributed by atoms with Gasteiger partial charge < -0.3 is 14.4 Å². The van der Waals surface area contributed by atoms with Crippen LogP contribution in [0.25, 0.3) is 0 Å². The Hall–Kier alpha value is -2.63. The van der Waals surface area contributed by atoms with Crippen LogP contribution < -0.4 is 9.47 Å². The molecule has 2 heterocycles. The van der Waals surface area contributed by atoms with Crippen LogP contribution in [0.5, 0.6) is 11.6 Å². The fourth-order valence-electron chi connectivity index (χ4n) is 2.95. The third-order valence-electron chi connectivity index (χ3n) is 4.42. The van der Waals surface area contributed by atoms with Crippen molar-refractivity contribution >= 4 is 5.91 Å². The molecule has 132 valence electrons. The van der Waals surface area contributed by atoms with Gasteiger partial charge in [-0.05, 0) is 30.2 Å². The van der Waals surface area contributed by atoms with E-state index < -0.39 is 0 Å². The number of aromatic nitrogens is 2. The van der Waals surface area contributed by atoms with Crippen LogP contribution in [0, 0.1) is 0 Å². The molecular formula is C19H23N3O3. The molecule has 6 heteroatoms. The molecule has 6 nitrogen and oxygen atoms in total. The summed E-state index contributed by atoms with van der Waals surface area (Å²) in [6.07, 6.45) is 4.65. The van der Waals surface area contributed by atoms with Gasteiger partial charge in [0.1, 0.15) is 11.9 Å². The van der Waals surface area contributed by atoms with Crippen molar-refractivity contribution in [2.45, 2.75) is 31.8 Å². The van der Waals surface area contributed by atoms with Crippen LogP contribution in [0.1, 0.15) is 24.8 Å². The number of carbonyl (C=O) groups excluding carboxylic acids is 1. The molecule has 0 unspecified atom stereocenters. The minimum absolute atomic E-state index is 0.0994. The standard InChI is InChI=1S/C19H23N3O3/c1-24-16-7-4-15(5-8-16)6-9-19(23)22-13-10-17(11-14-22)25-18-3-2-12-20-21-18/h2-5,7-8,12,17H,6,9-11,13-14H2,1H3. The lowest BCUT2D eigenvalue weighted by atomic mass is 10.1. The Morgan fingerprint density at radius 2 is 1.96 bits per heavy atom. The number of likely N-dealkylation sites (tertiary alicyclic amines) is 1. The Morgan fingerprint density at radius 1 is 1.20 bits per heavy atom. The molecule has 0 N–H and O–H groups in total. The second kappa shape index (κ2) is 8.46. The molecule has 25 heavy (non-hydrogen) atoms. The summed E-state index contributed by atoms with van der Waals surface area (Å²) >= 11 is 0. The van der Waals surface area contributed by atoms with Crippen molar-refractivity contribution in [2.24, 2.45) is 0 Å². The van der Waals surface area contributed by atoms with Gasteiger partial charge in [-0.25, -0.2) is 0 Å². The zero-order valence-corrected chi connectivity index (χ0v) is 14.4. The Bertz CT molecular complexity index is 668. The van der Waals surface area contributed by atoms with Crippen molar-refractivity contribution in [1.82, 2.24) is 15.1 Å². The minimum Gasteiger partial charge on any atom is -0.497 e. The van der Waals surface area contributed by atoms with E-state index in [0.29, 0.717) is 12.3 Å². The first kappa shape index (κ1) is 17.2. The molecule has 1 aliphatic heterocycles. The van der Waals surface area contributed by atoms with Gasteiger partial charge in [0, 0.05) is 44.6 Å². The third-order valence-corrected chi connectivity index (χ3v) is 4.42. The Morgan fingerprint density at radius 3 is 2.60 bits per heavy atom. The van der Waals surface area contributed by atoms with E-state index in [9.17, 15) is 4.79 Å². The second-order valence-corrected chi connectivity index (χ2v) is 6.11. The van der Waals surface area contributed by atoms with Gasteiger partial charge in [0.05, 0.1) is 7.11 Å². The van der Waals surface area contributed by atoms with Crippen molar-refractivity contribution in [3.8, 4) is 11.6 Å². The normalized spacial score (nSPS) is 15.0. The van der Waals surface area contributed by atoms with E-state index in [4.69, 9.17) is 9.47 Å². The highest BCUT2D eigenvalue weighted by molar-refractivity contribution is 5.76. The highest BCUT2D eigenvalue weighted by Crippen LogP contribution is 2.18. The van der Waals surface area contributed by atoms with Crippen LogP contribution >= 0.6 is 0 Å². The molecule has 0 spiro atoms. The van der Waals surface area contributed by atoms with E-state index in [1.807, 2.05) is 29.2 Å². The lowest BCUT2D eigenvalue weighted by Gasteiger charge is -2.32. The predicted octanol–water partition coefficient (Wildman–Crippen LogP) is 2.49. The summed E-state index contributed by atoms with van der Waals surface area (Å²) in [6.45, 7) is 1.46. The number of ether oxygens (including phenoxy) is 2. The fraction of sp³-hybridized carbons (Fsp3) is 0.421. The van der Waals surface area contributed by atoms with Crippen LogP contribution in [-0.4, -0.2) is 47.3 Å². The van der Waals surface area contributed by atoms with Gasteiger partial charge in [-0.1, -0.05) is 12.1 Å². The number of piperidine rings is 1. The highest BCUT2D eigenvalue weighted by atomic mass is 16.5. The first-order valence-corrected chi connectivity index (χ1v) is 8.59. The van der Waals surface area contributed by atoms with E-state index in [-0.39, 0.29) is 12.0 Å². The fourth-order valence-corrected chi connectivity index (χ4v) is 2.95. The van der Waals surface area contributed by atoms with Gasteiger partial charge in [0.2, 0.25) is 11.8 Å². The maximum Gasteiger partial charge on any atom is 0.233 e. The number of methoxy groups -OCH3 is 1. The summed E-state index contributed by atoms with van der Waals surface area (Å²) in [5, 5.41) is 7.75. The van der Waals surface area contributed by atoms with Crippen molar-refractivity contribution in [2.75, 3.05) is 20.2 Å². The Balaban J connectivity index is 1.41. The second-order valence-electron chi connectivity index (χ2n) is 6.11. The quantitative estimate of drug-likeness (QED) is 0.808. The molecule has 1 aromatic heterocycles. The molecule has 0 atom stereocenters. The number of benzene rings is 1. The molecule has 0 aliphatic carbocycles. The summed E-state index contributed by atoms with van der Waals surface area (Å²) in [7, 11) is 1.65. The molecule has 1 aliphatic rings. The molecule has 3 rings (SSSR count). The van der Waals surface area contributed by atoms with E-state index in [1.54, 1.807) is 25.4 Å². The number of aryl methyl sites for hydroxylation is 1. The van der Waals surface area contributed by atoms with Crippen LogP contribution in [0.4, 0.5) is 0 Å². The molecule has 0 radical (unpaired) electrons.